The quantitative estimate of drug-likeness (QED) is 0.807. The van der Waals surface area contributed by atoms with E-state index in [1.54, 1.807) is 0 Å². The Labute approximate surface area is 141 Å². The molecule has 2 fully saturated rings. The van der Waals surface area contributed by atoms with E-state index < -0.39 is 0 Å². The molecule has 0 spiro atoms. The van der Waals surface area contributed by atoms with Gasteiger partial charge in [0.25, 0.3) is 0 Å². The van der Waals surface area contributed by atoms with E-state index in [1.165, 1.54) is 18.4 Å². The van der Waals surface area contributed by atoms with Crippen LogP contribution in [-0.4, -0.2) is 46.0 Å². The summed E-state index contributed by atoms with van der Waals surface area (Å²) in [6, 6.07) is 6.02. The topological polar surface area (TPSA) is 45.2 Å². The summed E-state index contributed by atoms with van der Waals surface area (Å²) >= 11 is 6.18. The number of piperazine rings is 1. The van der Waals surface area contributed by atoms with Gasteiger partial charge in [-0.2, -0.15) is 0 Å². The molecule has 1 saturated heterocycles. The average Bonchev–Trinajstić information content (AvgIpc) is 3.41. The molecule has 5 nitrogen and oxygen atoms in total. The number of aromatic nitrogens is 3. The van der Waals surface area contributed by atoms with Crippen molar-refractivity contribution in [1.82, 2.24) is 19.9 Å². The van der Waals surface area contributed by atoms with Gasteiger partial charge in [-0.25, -0.2) is 9.97 Å². The number of rotatable bonds is 4. The van der Waals surface area contributed by atoms with Crippen molar-refractivity contribution < 1.29 is 0 Å². The standard InChI is InChI=1S/C17H20ClN5/c18-15-10-16(21-17(20-15)14-3-4-14)23-8-6-22(7-9-23)12-13-2-1-5-19-11-13/h1-2,5,10-11,14H,3-4,6-9,12H2. The smallest absolute Gasteiger partial charge is 0.135 e. The highest BCUT2D eigenvalue weighted by atomic mass is 35.5. The van der Waals surface area contributed by atoms with Gasteiger partial charge in [0.1, 0.15) is 16.8 Å². The zero-order valence-electron chi connectivity index (χ0n) is 13.0. The molecule has 0 radical (unpaired) electrons. The molecular weight excluding hydrogens is 310 g/mol. The fraction of sp³-hybridized carbons (Fsp3) is 0.471. The van der Waals surface area contributed by atoms with Crippen molar-refractivity contribution in [1.29, 1.82) is 0 Å². The van der Waals surface area contributed by atoms with Crippen LogP contribution >= 0.6 is 11.6 Å². The molecule has 2 aromatic rings. The van der Waals surface area contributed by atoms with Crippen LogP contribution in [0.3, 0.4) is 0 Å². The van der Waals surface area contributed by atoms with Gasteiger partial charge in [-0.15, -0.1) is 0 Å². The predicted molar refractivity (Wildman–Crippen MR) is 90.7 cm³/mol. The maximum absolute atomic E-state index is 6.18. The minimum atomic E-state index is 0.527. The van der Waals surface area contributed by atoms with Gasteiger partial charge in [0.15, 0.2) is 0 Å². The van der Waals surface area contributed by atoms with E-state index >= 15 is 0 Å². The number of hydrogen-bond donors (Lipinski definition) is 0. The number of nitrogens with zero attached hydrogens (tertiary/aromatic N) is 5. The van der Waals surface area contributed by atoms with E-state index in [-0.39, 0.29) is 0 Å². The van der Waals surface area contributed by atoms with Crippen molar-refractivity contribution in [3.05, 3.63) is 47.1 Å². The lowest BCUT2D eigenvalue weighted by Gasteiger charge is -2.35. The lowest BCUT2D eigenvalue weighted by molar-refractivity contribution is 0.249. The van der Waals surface area contributed by atoms with Gasteiger partial charge >= 0.3 is 0 Å². The fourth-order valence-corrected chi connectivity index (χ4v) is 3.18. The van der Waals surface area contributed by atoms with Crippen LogP contribution in [0.25, 0.3) is 0 Å². The molecule has 6 heteroatoms. The SMILES string of the molecule is Clc1cc(N2CCN(Cc3cccnc3)CC2)nc(C2CC2)n1. The summed E-state index contributed by atoms with van der Waals surface area (Å²) < 4.78 is 0. The third-order valence-electron chi connectivity index (χ3n) is 4.47. The third-order valence-corrected chi connectivity index (χ3v) is 4.66. The Bertz CT molecular complexity index is 666. The van der Waals surface area contributed by atoms with Gasteiger partial charge in [0, 0.05) is 57.1 Å². The van der Waals surface area contributed by atoms with Crippen LogP contribution in [0, 0.1) is 0 Å². The third kappa shape index (κ3) is 3.62. The average molecular weight is 330 g/mol. The minimum Gasteiger partial charge on any atom is -0.354 e. The number of anilines is 1. The van der Waals surface area contributed by atoms with Crippen molar-refractivity contribution >= 4 is 17.4 Å². The number of hydrogen-bond acceptors (Lipinski definition) is 5. The molecule has 4 rings (SSSR count). The summed E-state index contributed by atoms with van der Waals surface area (Å²) in [5, 5.41) is 0.565. The Hall–Kier alpha value is -1.72. The molecule has 3 heterocycles. The van der Waals surface area contributed by atoms with Crippen LogP contribution in [0.15, 0.2) is 30.6 Å². The van der Waals surface area contributed by atoms with Crippen molar-refractivity contribution in [3.63, 3.8) is 0 Å². The zero-order chi connectivity index (χ0) is 15.6. The van der Waals surface area contributed by atoms with Crippen molar-refractivity contribution in [2.24, 2.45) is 0 Å². The second-order valence-corrected chi connectivity index (χ2v) is 6.69. The van der Waals surface area contributed by atoms with Crippen molar-refractivity contribution in [2.75, 3.05) is 31.1 Å². The first kappa shape index (κ1) is 14.8. The van der Waals surface area contributed by atoms with E-state index in [4.69, 9.17) is 16.6 Å². The van der Waals surface area contributed by atoms with Gasteiger partial charge in [-0.1, -0.05) is 17.7 Å². The van der Waals surface area contributed by atoms with Crippen LogP contribution in [0.2, 0.25) is 5.15 Å². The fourth-order valence-electron chi connectivity index (χ4n) is 2.99. The highest BCUT2D eigenvalue weighted by Gasteiger charge is 2.28. The van der Waals surface area contributed by atoms with E-state index in [0.29, 0.717) is 11.1 Å². The molecule has 0 bridgehead atoms. The summed E-state index contributed by atoms with van der Waals surface area (Å²) in [5.41, 5.74) is 1.27. The van der Waals surface area contributed by atoms with E-state index in [0.717, 1.165) is 44.4 Å². The molecule has 0 amide bonds. The van der Waals surface area contributed by atoms with Gasteiger partial charge in [0.2, 0.25) is 0 Å². The first-order chi connectivity index (χ1) is 11.3. The molecule has 1 aliphatic heterocycles. The van der Waals surface area contributed by atoms with Crippen molar-refractivity contribution in [3.8, 4) is 0 Å². The Morgan fingerprint density at radius 2 is 1.96 bits per heavy atom. The molecule has 1 aliphatic carbocycles. The van der Waals surface area contributed by atoms with Crippen LogP contribution in [0.1, 0.15) is 30.1 Å². The highest BCUT2D eigenvalue weighted by Crippen LogP contribution is 2.39. The van der Waals surface area contributed by atoms with E-state index in [1.807, 2.05) is 24.5 Å². The Kier molecular flexibility index (Phi) is 4.14. The number of halogens is 1. The van der Waals surface area contributed by atoms with Crippen LogP contribution in [0.4, 0.5) is 5.82 Å². The van der Waals surface area contributed by atoms with Crippen molar-refractivity contribution in [2.45, 2.75) is 25.3 Å². The maximum Gasteiger partial charge on any atom is 0.135 e. The molecule has 23 heavy (non-hydrogen) atoms. The Morgan fingerprint density at radius 3 is 2.65 bits per heavy atom. The monoisotopic (exact) mass is 329 g/mol. The van der Waals surface area contributed by atoms with Crippen LogP contribution < -0.4 is 4.90 Å². The number of pyridine rings is 1. The van der Waals surface area contributed by atoms with Gasteiger partial charge < -0.3 is 4.90 Å². The molecular formula is C17H20ClN5. The molecule has 0 aromatic carbocycles. The van der Waals surface area contributed by atoms with Gasteiger partial charge in [-0.3, -0.25) is 9.88 Å². The second kappa shape index (κ2) is 6.42. The summed E-state index contributed by atoms with van der Waals surface area (Å²) in [6.07, 6.45) is 6.15. The summed E-state index contributed by atoms with van der Waals surface area (Å²) in [5.74, 6) is 2.43. The van der Waals surface area contributed by atoms with Gasteiger partial charge in [-0.05, 0) is 24.5 Å². The Morgan fingerprint density at radius 1 is 1.13 bits per heavy atom. The van der Waals surface area contributed by atoms with E-state index in [9.17, 15) is 0 Å². The first-order valence-corrected chi connectivity index (χ1v) is 8.56. The summed E-state index contributed by atoms with van der Waals surface area (Å²) in [4.78, 5) is 18.1. The minimum absolute atomic E-state index is 0.527. The lowest BCUT2D eigenvalue weighted by atomic mass is 10.2. The maximum atomic E-state index is 6.18. The Balaban J connectivity index is 1.39. The second-order valence-electron chi connectivity index (χ2n) is 6.31. The molecule has 0 atom stereocenters. The molecule has 2 aliphatic rings. The zero-order valence-corrected chi connectivity index (χ0v) is 13.8. The summed E-state index contributed by atoms with van der Waals surface area (Å²) in [6.45, 7) is 4.94. The van der Waals surface area contributed by atoms with Crippen LogP contribution in [0.5, 0.6) is 0 Å². The lowest BCUT2D eigenvalue weighted by Crippen LogP contribution is -2.46. The largest absolute Gasteiger partial charge is 0.354 e. The molecule has 0 N–H and O–H groups in total. The molecule has 0 unspecified atom stereocenters. The predicted octanol–water partition coefficient (Wildman–Crippen LogP) is 2.72. The normalized spacial score (nSPS) is 19.1. The van der Waals surface area contributed by atoms with Gasteiger partial charge in [0.05, 0.1) is 0 Å². The van der Waals surface area contributed by atoms with E-state index in [2.05, 4.69) is 25.8 Å². The molecule has 1 saturated carbocycles. The van der Waals surface area contributed by atoms with Crippen LogP contribution in [-0.2, 0) is 6.54 Å². The summed E-state index contributed by atoms with van der Waals surface area (Å²) in [7, 11) is 0. The highest BCUT2D eigenvalue weighted by molar-refractivity contribution is 6.29. The first-order valence-electron chi connectivity index (χ1n) is 8.18. The molecule has 2 aromatic heterocycles. The molecule has 120 valence electrons.